The minimum Gasteiger partial charge on any atom is -0.380 e. The molecule has 1 fully saturated rings. The maximum atomic E-state index is 5.80. The molecule has 1 aliphatic heterocycles. The van der Waals surface area contributed by atoms with E-state index in [2.05, 4.69) is 36.2 Å². The highest BCUT2D eigenvalue weighted by atomic mass is 16.5. The number of hydrogen-bond donors (Lipinski definition) is 1. The van der Waals surface area contributed by atoms with E-state index in [1.54, 1.807) is 0 Å². The van der Waals surface area contributed by atoms with Gasteiger partial charge in [0.15, 0.2) is 0 Å². The van der Waals surface area contributed by atoms with Crippen molar-refractivity contribution < 1.29 is 4.74 Å². The molecule has 0 saturated carbocycles. The van der Waals surface area contributed by atoms with Gasteiger partial charge in [0.05, 0.1) is 13.2 Å². The summed E-state index contributed by atoms with van der Waals surface area (Å²) in [5.41, 5.74) is 7.35. The lowest BCUT2D eigenvalue weighted by atomic mass is 9.85. The largest absolute Gasteiger partial charge is 0.380 e. The molecule has 16 heavy (non-hydrogen) atoms. The molecule has 0 unspecified atom stereocenters. The first-order valence-electron chi connectivity index (χ1n) is 5.74. The van der Waals surface area contributed by atoms with Gasteiger partial charge in [0, 0.05) is 25.0 Å². The Bertz CT molecular complexity index is 316. The van der Waals surface area contributed by atoms with Crippen molar-refractivity contribution in [2.24, 2.45) is 11.1 Å². The smallest absolute Gasteiger partial charge is 0.0569 e. The topological polar surface area (TPSA) is 38.5 Å². The fraction of sp³-hybridized carbons (Fsp3) is 0.538. The number of rotatable bonds is 5. The van der Waals surface area contributed by atoms with E-state index in [9.17, 15) is 0 Å². The summed E-state index contributed by atoms with van der Waals surface area (Å²) in [6, 6.07) is 10.5. The zero-order chi connectivity index (χ0) is 11.4. The number of benzene rings is 1. The third kappa shape index (κ3) is 2.61. The van der Waals surface area contributed by atoms with E-state index in [0.29, 0.717) is 6.54 Å². The van der Waals surface area contributed by atoms with Crippen LogP contribution in [0.5, 0.6) is 0 Å². The van der Waals surface area contributed by atoms with Gasteiger partial charge in [-0.2, -0.15) is 0 Å². The van der Waals surface area contributed by atoms with Gasteiger partial charge in [0.1, 0.15) is 0 Å². The van der Waals surface area contributed by atoms with Crippen LogP contribution in [-0.4, -0.2) is 38.3 Å². The molecule has 0 atom stereocenters. The van der Waals surface area contributed by atoms with Gasteiger partial charge < -0.3 is 15.4 Å². The fourth-order valence-electron chi connectivity index (χ4n) is 2.19. The predicted molar refractivity (Wildman–Crippen MR) is 65.1 cm³/mol. The zero-order valence-electron chi connectivity index (χ0n) is 9.86. The number of nitrogens with two attached hydrogens (primary N) is 1. The summed E-state index contributed by atoms with van der Waals surface area (Å²) < 4.78 is 5.27. The Hall–Kier alpha value is -0.900. The van der Waals surface area contributed by atoms with Gasteiger partial charge in [-0.15, -0.1) is 0 Å². The third-order valence-corrected chi connectivity index (χ3v) is 3.15. The average molecular weight is 220 g/mol. The van der Waals surface area contributed by atoms with Crippen molar-refractivity contribution in [2.45, 2.75) is 6.54 Å². The van der Waals surface area contributed by atoms with Gasteiger partial charge in [-0.1, -0.05) is 30.3 Å². The Labute approximate surface area is 97.2 Å². The lowest BCUT2D eigenvalue weighted by Gasteiger charge is -2.43. The predicted octanol–water partition coefficient (Wildman–Crippen LogP) is 1.09. The molecule has 0 spiro atoms. The Morgan fingerprint density at radius 1 is 1.31 bits per heavy atom. The molecule has 2 N–H and O–H groups in total. The first-order valence-corrected chi connectivity index (χ1v) is 5.74. The molecule has 0 amide bonds. The van der Waals surface area contributed by atoms with Gasteiger partial charge in [-0.05, 0) is 12.6 Å². The molecule has 0 bridgehead atoms. The van der Waals surface area contributed by atoms with Crippen LogP contribution >= 0.6 is 0 Å². The number of ether oxygens (including phenoxy) is 1. The van der Waals surface area contributed by atoms with Crippen LogP contribution in [0.25, 0.3) is 0 Å². The molecule has 0 aromatic heterocycles. The highest BCUT2D eigenvalue weighted by Crippen LogP contribution is 2.27. The summed E-state index contributed by atoms with van der Waals surface area (Å²) in [5, 5.41) is 0. The van der Waals surface area contributed by atoms with E-state index in [4.69, 9.17) is 10.5 Å². The molecular formula is C13H20N2O. The lowest BCUT2D eigenvalue weighted by Crippen LogP contribution is -2.54. The third-order valence-electron chi connectivity index (χ3n) is 3.15. The fourth-order valence-corrected chi connectivity index (χ4v) is 2.19. The maximum Gasteiger partial charge on any atom is 0.0569 e. The van der Waals surface area contributed by atoms with Crippen LogP contribution in [0.1, 0.15) is 5.56 Å². The van der Waals surface area contributed by atoms with Crippen molar-refractivity contribution in [3.05, 3.63) is 35.9 Å². The Morgan fingerprint density at radius 3 is 2.50 bits per heavy atom. The highest BCUT2D eigenvalue weighted by molar-refractivity contribution is 5.14. The van der Waals surface area contributed by atoms with Gasteiger partial charge in [0.2, 0.25) is 0 Å². The van der Waals surface area contributed by atoms with E-state index in [-0.39, 0.29) is 5.41 Å². The van der Waals surface area contributed by atoms with Crippen LogP contribution in [0.4, 0.5) is 0 Å². The molecule has 2 rings (SSSR count). The van der Waals surface area contributed by atoms with Crippen LogP contribution in [-0.2, 0) is 11.3 Å². The summed E-state index contributed by atoms with van der Waals surface area (Å²) in [4.78, 5) is 2.32. The van der Waals surface area contributed by atoms with E-state index < -0.39 is 0 Å². The van der Waals surface area contributed by atoms with E-state index >= 15 is 0 Å². The van der Waals surface area contributed by atoms with Crippen molar-refractivity contribution in [1.82, 2.24) is 4.90 Å². The quantitative estimate of drug-likeness (QED) is 0.807. The van der Waals surface area contributed by atoms with Gasteiger partial charge in [-0.25, -0.2) is 0 Å². The summed E-state index contributed by atoms with van der Waals surface area (Å²) in [6.07, 6.45) is 0. The molecule has 1 saturated heterocycles. The van der Waals surface area contributed by atoms with Gasteiger partial charge in [-0.3, -0.25) is 0 Å². The zero-order valence-corrected chi connectivity index (χ0v) is 9.86. The Kier molecular flexibility index (Phi) is 3.59. The second kappa shape index (κ2) is 4.95. The normalized spacial score (nSPS) is 18.4. The number of nitrogens with zero attached hydrogens (tertiary/aromatic N) is 1. The van der Waals surface area contributed by atoms with Crippen LogP contribution in [0.15, 0.2) is 30.3 Å². The van der Waals surface area contributed by atoms with Gasteiger partial charge in [0.25, 0.3) is 0 Å². The van der Waals surface area contributed by atoms with Crippen molar-refractivity contribution in [1.29, 1.82) is 0 Å². The molecule has 1 aromatic rings. The van der Waals surface area contributed by atoms with Crippen LogP contribution in [0.2, 0.25) is 0 Å². The first-order chi connectivity index (χ1) is 7.74. The molecular weight excluding hydrogens is 200 g/mol. The molecule has 1 heterocycles. The summed E-state index contributed by atoms with van der Waals surface area (Å²) >= 11 is 0. The molecule has 1 aromatic carbocycles. The summed E-state index contributed by atoms with van der Waals surface area (Å²) in [5.74, 6) is 0. The first kappa shape index (κ1) is 11.6. The maximum absolute atomic E-state index is 5.80. The summed E-state index contributed by atoms with van der Waals surface area (Å²) in [7, 11) is 2.14. The molecule has 3 heteroatoms. The van der Waals surface area contributed by atoms with Crippen molar-refractivity contribution in [3.63, 3.8) is 0 Å². The molecule has 3 nitrogen and oxygen atoms in total. The summed E-state index contributed by atoms with van der Waals surface area (Å²) in [6.45, 7) is 4.32. The Balaban J connectivity index is 1.87. The van der Waals surface area contributed by atoms with E-state index in [1.807, 2.05) is 6.07 Å². The standard InChI is InChI=1S/C13H20N2O/c1-15(7-12-5-3-2-4-6-12)9-13(8-14)10-16-11-13/h2-6H,7-11,14H2,1H3. The van der Waals surface area contributed by atoms with Gasteiger partial charge >= 0.3 is 0 Å². The average Bonchev–Trinajstić information content (AvgIpc) is 2.25. The second-order valence-electron chi connectivity index (χ2n) is 4.85. The second-order valence-corrected chi connectivity index (χ2v) is 4.85. The number of hydrogen-bond acceptors (Lipinski definition) is 3. The van der Waals surface area contributed by atoms with Crippen LogP contribution in [0, 0.1) is 5.41 Å². The molecule has 1 aliphatic rings. The molecule has 0 aliphatic carbocycles. The minimum absolute atomic E-state index is 0.198. The highest BCUT2D eigenvalue weighted by Gasteiger charge is 2.38. The SMILES string of the molecule is CN(Cc1ccccc1)CC1(CN)COC1. The minimum atomic E-state index is 0.198. The monoisotopic (exact) mass is 220 g/mol. The van der Waals surface area contributed by atoms with Crippen molar-refractivity contribution >= 4 is 0 Å². The van der Waals surface area contributed by atoms with Crippen molar-refractivity contribution in [2.75, 3.05) is 33.4 Å². The van der Waals surface area contributed by atoms with E-state index in [1.165, 1.54) is 5.56 Å². The lowest BCUT2D eigenvalue weighted by molar-refractivity contribution is -0.118. The van der Waals surface area contributed by atoms with E-state index in [0.717, 1.165) is 26.3 Å². The van der Waals surface area contributed by atoms with Crippen molar-refractivity contribution in [3.8, 4) is 0 Å². The van der Waals surface area contributed by atoms with Crippen LogP contribution in [0.3, 0.4) is 0 Å². The molecule has 88 valence electrons. The Morgan fingerprint density at radius 2 is 2.00 bits per heavy atom. The van der Waals surface area contributed by atoms with Crippen LogP contribution < -0.4 is 5.73 Å². The molecule has 0 radical (unpaired) electrons.